The van der Waals surface area contributed by atoms with Gasteiger partial charge in [0.15, 0.2) is 0 Å². The highest BCUT2D eigenvalue weighted by molar-refractivity contribution is 5.72. The summed E-state index contributed by atoms with van der Waals surface area (Å²) in [6.45, 7) is 9.45. The molecule has 0 fully saturated rings. The summed E-state index contributed by atoms with van der Waals surface area (Å²) in [5.41, 5.74) is 0.199. The van der Waals surface area contributed by atoms with E-state index in [-0.39, 0.29) is 32.7 Å². The number of hydrogen-bond acceptors (Lipinski definition) is 6. The molecule has 0 aliphatic rings. The van der Waals surface area contributed by atoms with Crippen molar-refractivity contribution in [3.63, 3.8) is 0 Å². The monoisotopic (exact) mass is 408 g/mol. The van der Waals surface area contributed by atoms with Gasteiger partial charge < -0.3 is 24.4 Å². The third-order valence-corrected chi connectivity index (χ3v) is 3.61. The molecule has 1 aromatic carbocycles. The first-order valence-corrected chi connectivity index (χ1v) is 9.71. The van der Waals surface area contributed by atoms with Crippen LogP contribution in [-0.2, 0) is 25.6 Å². The lowest BCUT2D eigenvalue weighted by Crippen LogP contribution is -2.46. The molecule has 0 heterocycles. The number of hydrogen-bond donors (Lipinski definition) is 1. The zero-order valence-corrected chi connectivity index (χ0v) is 17.9. The van der Waals surface area contributed by atoms with E-state index in [1.54, 1.807) is 34.6 Å². The zero-order chi connectivity index (χ0) is 21.9. The molecule has 0 bridgehead atoms. The molecule has 8 heteroatoms. The number of carbonyl (C=O) groups is 3. The smallest absolute Gasteiger partial charge is 0.410 e. The van der Waals surface area contributed by atoms with Crippen LogP contribution in [0.25, 0.3) is 0 Å². The summed E-state index contributed by atoms with van der Waals surface area (Å²) < 4.78 is 15.5. The van der Waals surface area contributed by atoms with Gasteiger partial charge >= 0.3 is 18.2 Å². The number of carbonyl (C=O) groups excluding carboxylic acids is 3. The molecule has 0 radical (unpaired) electrons. The van der Waals surface area contributed by atoms with Crippen LogP contribution in [0.3, 0.4) is 0 Å². The highest BCUT2D eigenvalue weighted by Gasteiger charge is 2.25. The van der Waals surface area contributed by atoms with E-state index >= 15 is 0 Å². The molecule has 8 nitrogen and oxygen atoms in total. The first kappa shape index (κ1) is 24.3. The third-order valence-electron chi connectivity index (χ3n) is 3.61. The fourth-order valence-electron chi connectivity index (χ4n) is 2.39. The van der Waals surface area contributed by atoms with Crippen LogP contribution in [0.5, 0.6) is 0 Å². The minimum atomic E-state index is -0.676. The summed E-state index contributed by atoms with van der Waals surface area (Å²) in [4.78, 5) is 37.5. The van der Waals surface area contributed by atoms with Gasteiger partial charge in [-0.15, -0.1) is 0 Å². The van der Waals surface area contributed by atoms with Crippen molar-refractivity contribution in [1.29, 1.82) is 0 Å². The average molecular weight is 408 g/mol. The normalized spacial score (nSPS) is 11.9. The molecule has 0 saturated carbocycles. The van der Waals surface area contributed by atoms with Gasteiger partial charge in [-0.2, -0.15) is 0 Å². The molecule has 1 rings (SSSR count). The molecule has 1 atom stereocenters. The van der Waals surface area contributed by atoms with Crippen molar-refractivity contribution in [2.24, 2.45) is 0 Å². The van der Waals surface area contributed by atoms with E-state index in [0.29, 0.717) is 0 Å². The van der Waals surface area contributed by atoms with Crippen LogP contribution in [-0.4, -0.2) is 54.4 Å². The van der Waals surface area contributed by atoms with E-state index in [1.165, 1.54) is 4.90 Å². The fraction of sp³-hybridized carbons (Fsp3) is 0.571. The van der Waals surface area contributed by atoms with E-state index in [0.717, 1.165) is 5.56 Å². The summed E-state index contributed by atoms with van der Waals surface area (Å²) >= 11 is 0. The minimum absolute atomic E-state index is 0.0399. The van der Waals surface area contributed by atoms with E-state index in [9.17, 15) is 14.4 Å². The maximum atomic E-state index is 12.5. The van der Waals surface area contributed by atoms with Crippen molar-refractivity contribution < 1.29 is 28.6 Å². The molecule has 0 aliphatic carbocycles. The first-order chi connectivity index (χ1) is 13.6. The fourth-order valence-corrected chi connectivity index (χ4v) is 2.39. The molecule has 0 saturated heterocycles. The molecule has 1 N–H and O–H groups in total. The van der Waals surface area contributed by atoms with Gasteiger partial charge in [0.05, 0.1) is 13.0 Å². The van der Waals surface area contributed by atoms with Gasteiger partial charge in [0.2, 0.25) is 0 Å². The SMILES string of the molecule is CCOC(=O)CCN(C[C@@H](C)NC(=O)OCc1ccccc1)C(=O)OC(C)(C)C. The third kappa shape index (κ3) is 11.0. The van der Waals surface area contributed by atoms with Crippen molar-refractivity contribution in [3.05, 3.63) is 35.9 Å². The average Bonchev–Trinajstić information content (AvgIpc) is 2.63. The number of alkyl carbamates (subject to hydrolysis) is 1. The summed E-state index contributed by atoms with van der Waals surface area (Å²) in [5.74, 6) is -0.399. The van der Waals surface area contributed by atoms with Gasteiger partial charge in [-0.3, -0.25) is 4.79 Å². The second-order valence-electron chi connectivity index (χ2n) is 7.59. The Bertz CT molecular complexity index is 657. The molecular formula is C21H32N2O6. The van der Waals surface area contributed by atoms with Gasteiger partial charge in [0.25, 0.3) is 0 Å². The second-order valence-corrected chi connectivity index (χ2v) is 7.59. The Morgan fingerprint density at radius 1 is 1.10 bits per heavy atom. The first-order valence-electron chi connectivity index (χ1n) is 9.71. The van der Waals surface area contributed by atoms with Gasteiger partial charge in [-0.1, -0.05) is 30.3 Å². The summed E-state index contributed by atoms with van der Waals surface area (Å²) in [7, 11) is 0. The standard InChI is InChI=1S/C21H32N2O6/c1-6-27-18(24)12-13-23(20(26)29-21(3,4)5)14-16(2)22-19(25)28-15-17-10-8-7-9-11-17/h7-11,16H,6,12-15H2,1-5H3,(H,22,25)/t16-/m1/s1. The van der Waals surface area contributed by atoms with Crippen LogP contribution in [0.1, 0.15) is 46.6 Å². The topological polar surface area (TPSA) is 94.2 Å². The Hall–Kier alpha value is -2.77. The lowest BCUT2D eigenvalue weighted by molar-refractivity contribution is -0.143. The van der Waals surface area contributed by atoms with Crippen molar-refractivity contribution in [2.75, 3.05) is 19.7 Å². The number of amides is 2. The second kappa shape index (κ2) is 11.9. The Labute approximate surface area is 172 Å². The Morgan fingerprint density at radius 2 is 1.76 bits per heavy atom. The van der Waals surface area contributed by atoms with E-state index in [4.69, 9.17) is 14.2 Å². The molecular weight excluding hydrogens is 376 g/mol. The number of ether oxygens (including phenoxy) is 3. The number of benzene rings is 1. The van der Waals surface area contributed by atoms with Crippen LogP contribution in [0.4, 0.5) is 9.59 Å². The Kier molecular flexibility index (Phi) is 9.99. The molecule has 0 aromatic heterocycles. The molecule has 0 aliphatic heterocycles. The molecule has 0 unspecified atom stereocenters. The Morgan fingerprint density at radius 3 is 2.34 bits per heavy atom. The van der Waals surface area contributed by atoms with E-state index in [2.05, 4.69) is 5.32 Å². The van der Waals surface area contributed by atoms with Crippen LogP contribution >= 0.6 is 0 Å². The molecule has 1 aromatic rings. The lowest BCUT2D eigenvalue weighted by Gasteiger charge is -2.29. The number of esters is 1. The predicted octanol–water partition coefficient (Wildman–Crippen LogP) is 3.49. The van der Waals surface area contributed by atoms with Crippen molar-refractivity contribution in [1.82, 2.24) is 10.2 Å². The summed E-state index contributed by atoms with van der Waals surface area (Å²) in [6, 6.07) is 8.91. The van der Waals surface area contributed by atoms with Crippen LogP contribution < -0.4 is 5.32 Å². The van der Waals surface area contributed by atoms with Crippen molar-refractivity contribution in [3.8, 4) is 0 Å². The minimum Gasteiger partial charge on any atom is -0.466 e. The van der Waals surface area contributed by atoms with Crippen molar-refractivity contribution in [2.45, 2.75) is 59.3 Å². The summed E-state index contributed by atoms with van der Waals surface area (Å²) in [6.07, 6.45) is -1.11. The maximum absolute atomic E-state index is 12.5. The van der Waals surface area contributed by atoms with Gasteiger partial charge in [0, 0.05) is 19.1 Å². The lowest BCUT2D eigenvalue weighted by atomic mass is 10.2. The highest BCUT2D eigenvalue weighted by Crippen LogP contribution is 2.11. The van der Waals surface area contributed by atoms with Crippen LogP contribution in [0, 0.1) is 0 Å². The van der Waals surface area contributed by atoms with Gasteiger partial charge in [-0.25, -0.2) is 9.59 Å². The van der Waals surface area contributed by atoms with E-state index < -0.39 is 29.8 Å². The highest BCUT2D eigenvalue weighted by atomic mass is 16.6. The predicted molar refractivity (Wildman–Crippen MR) is 108 cm³/mol. The van der Waals surface area contributed by atoms with Gasteiger partial charge in [0.1, 0.15) is 12.2 Å². The number of rotatable bonds is 9. The molecule has 2 amide bonds. The zero-order valence-electron chi connectivity index (χ0n) is 17.9. The largest absolute Gasteiger partial charge is 0.466 e. The van der Waals surface area contributed by atoms with Crippen LogP contribution in [0.2, 0.25) is 0 Å². The molecule has 29 heavy (non-hydrogen) atoms. The quantitative estimate of drug-likeness (QED) is 0.496. The van der Waals surface area contributed by atoms with Crippen molar-refractivity contribution >= 4 is 18.2 Å². The van der Waals surface area contributed by atoms with Gasteiger partial charge in [-0.05, 0) is 40.2 Å². The van der Waals surface area contributed by atoms with Crippen LogP contribution in [0.15, 0.2) is 30.3 Å². The number of nitrogens with one attached hydrogen (secondary N) is 1. The molecule has 162 valence electrons. The molecule has 0 spiro atoms. The Balaban J connectivity index is 2.58. The maximum Gasteiger partial charge on any atom is 0.410 e. The summed E-state index contributed by atoms with van der Waals surface area (Å²) in [5, 5.41) is 2.68. The van der Waals surface area contributed by atoms with E-state index in [1.807, 2.05) is 30.3 Å². The number of nitrogens with zero attached hydrogens (tertiary/aromatic N) is 1.